The average Bonchev–Trinajstić information content (AvgIpc) is 2.75. The number of hydrogen-bond donors (Lipinski definition) is 2. The minimum absolute atomic E-state index is 0.466. The van der Waals surface area contributed by atoms with Crippen LogP contribution in [0.1, 0.15) is 6.42 Å². The molecular formula is C15H22N4O2. The Hall–Kier alpha value is -2.08. The largest absolute Gasteiger partial charge is 0.376 e. The van der Waals surface area contributed by atoms with E-state index < -0.39 is 11.8 Å². The summed E-state index contributed by atoms with van der Waals surface area (Å²) in [6.45, 7) is 2.80. The van der Waals surface area contributed by atoms with Crippen molar-refractivity contribution in [1.82, 2.24) is 10.2 Å². The van der Waals surface area contributed by atoms with Gasteiger partial charge in [-0.3, -0.25) is 9.59 Å². The predicted octanol–water partition coefficient (Wildman–Crippen LogP) is 0.513. The third-order valence-electron chi connectivity index (χ3n) is 3.46. The number of rotatable bonds is 2. The van der Waals surface area contributed by atoms with Crippen molar-refractivity contribution in [3.63, 3.8) is 0 Å². The van der Waals surface area contributed by atoms with Crippen molar-refractivity contribution in [3.05, 3.63) is 24.3 Å². The summed E-state index contributed by atoms with van der Waals surface area (Å²) in [5, 5.41) is 5.93. The molecule has 0 spiro atoms. The Kier molecular flexibility index (Phi) is 5.16. The Labute approximate surface area is 125 Å². The highest BCUT2D eigenvalue weighted by Gasteiger charge is 2.23. The van der Waals surface area contributed by atoms with Crippen molar-refractivity contribution in [2.45, 2.75) is 6.42 Å². The zero-order valence-corrected chi connectivity index (χ0v) is 12.6. The van der Waals surface area contributed by atoms with Crippen molar-refractivity contribution in [2.75, 3.05) is 50.5 Å². The normalized spacial score (nSPS) is 15.2. The van der Waals surface area contributed by atoms with E-state index in [2.05, 4.69) is 10.6 Å². The maximum absolute atomic E-state index is 12.2. The summed E-state index contributed by atoms with van der Waals surface area (Å²) in [4.78, 5) is 27.9. The van der Waals surface area contributed by atoms with E-state index in [1.165, 1.54) is 0 Å². The number of anilines is 2. The van der Waals surface area contributed by atoms with Crippen molar-refractivity contribution in [1.29, 1.82) is 0 Å². The van der Waals surface area contributed by atoms with Gasteiger partial charge in [-0.1, -0.05) is 12.1 Å². The van der Waals surface area contributed by atoms with Crippen LogP contribution in [-0.4, -0.2) is 57.0 Å². The SMILES string of the molecule is CN(C)c1ccccc1NC(=O)C(=O)N1CCCNCC1. The molecule has 0 radical (unpaired) electrons. The second-order valence-electron chi connectivity index (χ2n) is 5.26. The number of carbonyl (C=O) groups excluding carboxylic acids is 2. The van der Waals surface area contributed by atoms with Crippen LogP contribution in [-0.2, 0) is 9.59 Å². The van der Waals surface area contributed by atoms with Gasteiger partial charge < -0.3 is 20.4 Å². The molecule has 1 fully saturated rings. The molecule has 114 valence electrons. The first kappa shape index (κ1) is 15.3. The lowest BCUT2D eigenvalue weighted by Gasteiger charge is -2.21. The molecule has 6 nitrogen and oxygen atoms in total. The summed E-state index contributed by atoms with van der Waals surface area (Å²) in [5.74, 6) is -1.04. The van der Waals surface area contributed by atoms with Gasteiger partial charge in [0.25, 0.3) is 0 Å². The van der Waals surface area contributed by atoms with Crippen LogP contribution in [0.15, 0.2) is 24.3 Å². The highest BCUT2D eigenvalue weighted by atomic mass is 16.2. The molecule has 0 atom stereocenters. The van der Waals surface area contributed by atoms with E-state index in [0.29, 0.717) is 18.8 Å². The molecule has 0 bridgehead atoms. The molecule has 0 unspecified atom stereocenters. The third kappa shape index (κ3) is 3.95. The van der Waals surface area contributed by atoms with Gasteiger partial charge >= 0.3 is 11.8 Å². The number of amides is 2. The average molecular weight is 290 g/mol. The van der Waals surface area contributed by atoms with Crippen LogP contribution in [0.25, 0.3) is 0 Å². The summed E-state index contributed by atoms with van der Waals surface area (Å²) >= 11 is 0. The van der Waals surface area contributed by atoms with E-state index in [9.17, 15) is 9.59 Å². The van der Waals surface area contributed by atoms with Crippen LogP contribution < -0.4 is 15.5 Å². The van der Waals surface area contributed by atoms with Gasteiger partial charge in [-0.2, -0.15) is 0 Å². The maximum atomic E-state index is 12.2. The van der Waals surface area contributed by atoms with Crippen molar-refractivity contribution >= 4 is 23.2 Å². The first-order chi connectivity index (χ1) is 10.1. The highest BCUT2D eigenvalue weighted by Crippen LogP contribution is 2.23. The monoisotopic (exact) mass is 290 g/mol. The molecule has 6 heteroatoms. The second-order valence-corrected chi connectivity index (χ2v) is 5.26. The number of hydrogen-bond acceptors (Lipinski definition) is 4. The molecule has 2 amide bonds. The van der Waals surface area contributed by atoms with E-state index in [-0.39, 0.29) is 0 Å². The first-order valence-corrected chi connectivity index (χ1v) is 7.17. The summed E-state index contributed by atoms with van der Waals surface area (Å²) in [5.41, 5.74) is 1.52. The maximum Gasteiger partial charge on any atom is 0.313 e. The second kappa shape index (κ2) is 7.08. The summed E-state index contributed by atoms with van der Waals surface area (Å²) in [6.07, 6.45) is 0.868. The molecule has 2 N–H and O–H groups in total. The van der Waals surface area contributed by atoms with Gasteiger partial charge in [-0.05, 0) is 25.1 Å². The fourth-order valence-electron chi connectivity index (χ4n) is 2.34. The first-order valence-electron chi connectivity index (χ1n) is 7.17. The van der Waals surface area contributed by atoms with Crippen LogP contribution in [0.3, 0.4) is 0 Å². The molecule has 1 heterocycles. The van der Waals surface area contributed by atoms with Gasteiger partial charge in [0.15, 0.2) is 0 Å². The zero-order valence-electron chi connectivity index (χ0n) is 12.6. The Bertz CT molecular complexity index is 508. The molecule has 1 aliphatic heterocycles. The molecular weight excluding hydrogens is 268 g/mol. The number of benzene rings is 1. The van der Waals surface area contributed by atoms with Gasteiger partial charge in [0.1, 0.15) is 0 Å². The number of nitrogens with zero attached hydrogens (tertiary/aromatic N) is 2. The summed E-state index contributed by atoms with van der Waals surface area (Å²) < 4.78 is 0. The van der Waals surface area contributed by atoms with Gasteiger partial charge in [0, 0.05) is 33.7 Å². The topological polar surface area (TPSA) is 64.7 Å². The smallest absolute Gasteiger partial charge is 0.313 e. The molecule has 0 aromatic heterocycles. The van der Waals surface area contributed by atoms with E-state index in [4.69, 9.17) is 0 Å². The molecule has 21 heavy (non-hydrogen) atoms. The van der Waals surface area contributed by atoms with Gasteiger partial charge in [-0.15, -0.1) is 0 Å². The molecule has 1 aromatic rings. The Morgan fingerprint density at radius 3 is 2.71 bits per heavy atom. The lowest BCUT2D eigenvalue weighted by Crippen LogP contribution is -2.41. The number of para-hydroxylation sites is 2. The van der Waals surface area contributed by atoms with Crippen molar-refractivity contribution in [3.8, 4) is 0 Å². The summed E-state index contributed by atoms with van der Waals surface area (Å²) in [6, 6.07) is 7.43. The van der Waals surface area contributed by atoms with E-state index >= 15 is 0 Å². The predicted molar refractivity (Wildman–Crippen MR) is 83.5 cm³/mol. The van der Waals surface area contributed by atoms with Crippen LogP contribution in [0.5, 0.6) is 0 Å². The minimum atomic E-state index is -0.578. The van der Waals surface area contributed by atoms with Gasteiger partial charge in [-0.25, -0.2) is 0 Å². The molecule has 2 rings (SSSR count). The fourth-order valence-corrected chi connectivity index (χ4v) is 2.34. The molecule has 1 saturated heterocycles. The van der Waals surface area contributed by atoms with Crippen molar-refractivity contribution < 1.29 is 9.59 Å². The van der Waals surface area contributed by atoms with Crippen LogP contribution >= 0.6 is 0 Å². The zero-order chi connectivity index (χ0) is 15.2. The van der Waals surface area contributed by atoms with E-state index in [1.54, 1.807) is 11.0 Å². The molecule has 0 saturated carbocycles. The summed E-state index contributed by atoms with van der Waals surface area (Å²) in [7, 11) is 3.79. The fraction of sp³-hybridized carbons (Fsp3) is 0.467. The van der Waals surface area contributed by atoms with Crippen LogP contribution in [0.4, 0.5) is 11.4 Å². The minimum Gasteiger partial charge on any atom is -0.376 e. The van der Waals surface area contributed by atoms with Crippen LogP contribution in [0, 0.1) is 0 Å². The number of nitrogens with one attached hydrogen (secondary N) is 2. The lowest BCUT2D eigenvalue weighted by atomic mass is 10.2. The Morgan fingerprint density at radius 2 is 1.95 bits per heavy atom. The standard InChI is InChI=1S/C15H22N4O2/c1-18(2)13-7-4-3-6-12(13)17-14(20)15(21)19-10-5-8-16-9-11-19/h3-4,6-7,16H,5,8-11H2,1-2H3,(H,17,20). The lowest BCUT2D eigenvalue weighted by molar-refractivity contribution is -0.143. The van der Waals surface area contributed by atoms with Gasteiger partial charge in [0.05, 0.1) is 11.4 Å². The Morgan fingerprint density at radius 1 is 1.19 bits per heavy atom. The molecule has 1 aliphatic rings. The quantitative estimate of drug-likeness (QED) is 0.779. The van der Waals surface area contributed by atoms with E-state index in [0.717, 1.165) is 25.2 Å². The van der Waals surface area contributed by atoms with E-state index in [1.807, 2.05) is 37.2 Å². The third-order valence-corrected chi connectivity index (χ3v) is 3.46. The number of carbonyl (C=O) groups is 2. The van der Waals surface area contributed by atoms with Crippen LogP contribution in [0.2, 0.25) is 0 Å². The highest BCUT2D eigenvalue weighted by molar-refractivity contribution is 6.39. The van der Waals surface area contributed by atoms with Gasteiger partial charge in [0.2, 0.25) is 0 Å². The molecule has 1 aromatic carbocycles. The Balaban J connectivity index is 2.05. The van der Waals surface area contributed by atoms with Crippen molar-refractivity contribution in [2.24, 2.45) is 0 Å². The molecule has 0 aliphatic carbocycles.